The van der Waals surface area contributed by atoms with Crippen molar-refractivity contribution >= 4 is 46.3 Å². The molecular weight excluding hydrogens is 374 g/mol. The summed E-state index contributed by atoms with van der Waals surface area (Å²) in [4.78, 5) is 36.9. The van der Waals surface area contributed by atoms with Crippen LogP contribution in [-0.4, -0.2) is 30.3 Å². The topological polar surface area (TPSA) is 87.3 Å². The molecule has 1 atom stereocenters. The number of hydrogen-bond donors (Lipinski definition) is 3. The largest absolute Gasteiger partial charge is 0.354 e. The first-order valence-corrected chi connectivity index (χ1v) is 9.41. The number of hydrogen-bond acceptors (Lipinski definition) is 4. The highest BCUT2D eigenvalue weighted by Gasteiger charge is 2.17. The molecule has 0 saturated heterocycles. The second kappa shape index (κ2) is 9.35. The molecule has 0 aliphatic carbocycles. The van der Waals surface area contributed by atoms with Gasteiger partial charge < -0.3 is 16.0 Å². The van der Waals surface area contributed by atoms with E-state index < -0.39 is 11.9 Å². The lowest BCUT2D eigenvalue weighted by atomic mass is 10.1. The van der Waals surface area contributed by atoms with Gasteiger partial charge in [0.05, 0.1) is 15.6 Å². The van der Waals surface area contributed by atoms with E-state index in [-0.39, 0.29) is 11.8 Å². The SMILES string of the molecule is CCCNC(=O)[C@H](C)NC(=O)c1ccc(Cl)c(NC(=O)c2cccs2)c1. The number of anilines is 1. The van der Waals surface area contributed by atoms with Crippen molar-refractivity contribution in [3.8, 4) is 0 Å². The Morgan fingerprint density at radius 1 is 1.19 bits per heavy atom. The number of benzene rings is 1. The Labute approximate surface area is 160 Å². The van der Waals surface area contributed by atoms with Crippen LogP contribution in [0.15, 0.2) is 35.7 Å². The lowest BCUT2D eigenvalue weighted by Gasteiger charge is -2.14. The molecule has 2 rings (SSSR count). The predicted octanol–water partition coefficient (Wildman–Crippen LogP) is 3.30. The van der Waals surface area contributed by atoms with Gasteiger partial charge in [0.25, 0.3) is 11.8 Å². The van der Waals surface area contributed by atoms with Crippen LogP contribution in [0.1, 0.15) is 40.3 Å². The van der Waals surface area contributed by atoms with Crippen LogP contribution in [0.4, 0.5) is 5.69 Å². The molecule has 0 unspecified atom stereocenters. The molecule has 1 aromatic heterocycles. The quantitative estimate of drug-likeness (QED) is 0.674. The van der Waals surface area contributed by atoms with Crippen LogP contribution in [0.25, 0.3) is 0 Å². The van der Waals surface area contributed by atoms with Crippen LogP contribution in [-0.2, 0) is 4.79 Å². The van der Waals surface area contributed by atoms with E-state index in [2.05, 4.69) is 16.0 Å². The second-order valence-electron chi connectivity index (χ2n) is 5.61. The number of amides is 3. The lowest BCUT2D eigenvalue weighted by Crippen LogP contribution is -2.45. The molecule has 0 aliphatic heterocycles. The summed E-state index contributed by atoms with van der Waals surface area (Å²) in [5.41, 5.74) is 0.631. The first-order chi connectivity index (χ1) is 12.4. The molecule has 1 aromatic carbocycles. The molecule has 1 heterocycles. The summed E-state index contributed by atoms with van der Waals surface area (Å²) in [7, 11) is 0. The van der Waals surface area contributed by atoms with Crippen molar-refractivity contribution in [2.24, 2.45) is 0 Å². The van der Waals surface area contributed by atoms with Gasteiger partial charge in [-0.05, 0) is 43.0 Å². The van der Waals surface area contributed by atoms with Gasteiger partial charge in [-0.1, -0.05) is 24.6 Å². The van der Waals surface area contributed by atoms with Crippen LogP contribution in [0.2, 0.25) is 5.02 Å². The average molecular weight is 394 g/mol. The van der Waals surface area contributed by atoms with E-state index >= 15 is 0 Å². The molecule has 3 N–H and O–H groups in total. The van der Waals surface area contributed by atoms with Gasteiger partial charge in [-0.3, -0.25) is 14.4 Å². The Balaban J connectivity index is 2.06. The summed E-state index contributed by atoms with van der Waals surface area (Å²) >= 11 is 7.42. The van der Waals surface area contributed by atoms with Crippen molar-refractivity contribution < 1.29 is 14.4 Å². The maximum absolute atomic E-state index is 12.4. The minimum Gasteiger partial charge on any atom is -0.354 e. The Morgan fingerprint density at radius 2 is 1.96 bits per heavy atom. The van der Waals surface area contributed by atoms with Crippen molar-refractivity contribution in [3.05, 3.63) is 51.2 Å². The molecule has 0 radical (unpaired) electrons. The lowest BCUT2D eigenvalue weighted by molar-refractivity contribution is -0.122. The van der Waals surface area contributed by atoms with E-state index in [1.807, 2.05) is 6.92 Å². The molecule has 26 heavy (non-hydrogen) atoms. The minimum atomic E-state index is -0.672. The summed E-state index contributed by atoms with van der Waals surface area (Å²) in [5, 5.41) is 10.2. The summed E-state index contributed by atoms with van der Waals surface area (Å²) in [6.07, 6.45) is 0.816. The molecule has 3 amide bonds. The monoisotopic (exact) mass is 393 g/mol. The molecule has 6 nitrogen and oxygen atoms in total. The van der Waals surface area contributed by atoms with Gasteiger partial charge in [-0.15, -0.1) is 11.3 Å². The van der Waals surface area contributed by atoms with Crippen LogP contribution < -0.4 is 16.0 Å². The molecule has 0 spiro atoms. The normalized spacial score (nSPS) is 11.5. The number of thiophene rings is 1. The van der Waals surface area contributed by atoms with E-state index in [1.165, 1.54) is 29.5 Å². The average Bonchev–Trinajstić information content (AvgIpc) is 3.16. The highest BCUT2D eigenvalue weighted by molar-refractivity contribution is 7.12. The smallest absolute Gasteiger partial charge is 0.265 e. The van der Waals surface area contributed by atoms with Crippen molar-refractivity contribution in [3.63, 3.8) is 0 Å². The van der Waals surface area contributed by atoms with E-state index in [0.717, 1.165) is 6.42 Å². The van der Waals surface area contributed by atoms with Crippen LogP contribution >= 0.6 is 22.9 Å². The highest BCUT2D eigenvalue weighted by Crippen LogP contribution is 2.24. The van der Waals surface area contributed by atoms with Crippen molar-refractivity contribution in [1.29, 1.82) is 0 Å². The second-order valence-corrected chi connectivity index (χ2v) is 6.97. The van der Waals surface area contributed by atoms with Gasteiger partial charge in [0.15, 0.2) is 0 Å². The fourth-order valence-electron chi connectivity index (χ4n) is 2.10. The van der Waals surface area contributed by atoms with Crippen LogP contribution in [0.3, 0.4) is 0 Å². The molecule has 0 fully saturated rings. The number of nitrogens with one attached hydrogen (secondary N) is 3. The van der Waals surface area contributed by atoms with E-state index in [0.29, 0.717) is 27.7 Å². The van der Waals surface area contributed by atoms with E-state index in [1.54, 1.807) is 24.4 Å². The fraction of sp³-hybridized carbons (Fsp3) is 0.278. The third-order valence-corrected chi connectivity index (χ3v) is 4.71. The van der Waals surface area contributed by atoms with Gasteiger partial charge in [-0.2, -0.15) is 0 Å². The standard InChI is InChI=1S/C18H20ClN3O3S/c1-3-8-20-16(23)11(2)21-17(24)12-6-7-13(19)14(10-12)22-18(25)15-5-4-9-26-15/h4-7,9-11H,3,8H2,1-2H3,(H,20,23)(H,21,24)(H,22,25)/t11-/m0/s1. The van der Waals surface area contributed by atoms with Crippen LogP contribution in [0, 0.1) is 0 Å². The van der Waals surface area contributed by atoms with Gasteiger partial charge in [0.1, 0.15) is 6.04 Å². The van der Waals surface area contributed by atoms with Crippen molar-refractivity contribution in [2.45, 2.75) is 26.3 Å². The first-order valence-electron chi connectivity index (χ1n) is 8.15. The van der Waals surface area contributed by atoms with E-state index in [9.17, 15) is 14.4 Å². The highest BCUT2D eigenvalue weighted by atomic mass is 35.5. The Hall–Kier alpha value is -2.38. The fourth-order valence-corrected chi connectivity index (χ4v) is 2.88. The summed E-state index contributed by atoms with van der Waals surface area (Å²) in [6.45, 7) is 4.11. The van der Waals surface area contributed by atoms with E-state index in [4.69, 9.17) is 11.6 Å². The zero-order chi connectivity index (χ0) is 19.1. The zero-order valence-corrected chi connectivity index (χ0v) is 16.0. The third kappa shape index (κ3) is 5.31. The molecule has 138 valence electrons. The number of carbonyl (C=O) groups excluding carboxylic acids is 3. The molecule has 0 saturated carbocycles. The van der Waals surface area contributed by atoms with Gasteiger partial charge in [0.2, 0.25) is 5.91 Å². The van der Waals surface area contributed by atoms with Gasteiger partial charge in [0, 0.05) is 12.1 Å². The summed E-state index contributed by atoms with van der Waals surface area (Å²) < 4.78 is 0. The van der Waals surface area contributed by atoms with Crippen molar-refractivity contribution in [2.75, 3.05) is 11.9 Å². The summed E-state index contributed by atoms with van der Waals surface area (Å²) in [6, 6.07) is 7.35. The number of carbonyl (C=O) groups is 3. The minimum absolute atomic E-state index is 0.250. The number of halogens is 1. The van der Waals surface area contributed by atoms with Gasteiger partial charge >= 0.3 is 0 Å². The molecule has 2 aromatic rings. The third-order valence-electron chi connectivity index (χ3n) is 3.51. The number of rotatable bonds is 7. The predicted molar refractivity (Wildman–Crippen MR) is 104 cm³/mol. The molecule has 0 aliphatic rings. The molecule has 0 bridgehead atoms. The maximum Gasteiger partial charge on any atom is 0.265 e. The first kappa shape index (κ1) is 19.9. The summed E-state index contributed by atoms with van der Waals surface area (Å²) in [5.74, 6) is -0.973. The van der Waals surface area contributed by atoms with Crippen molar-refractivity contribution in [1.82, 2.24) is 10.6 Å². The molecule has 8 heteroatoms. The van der Waals surface area contributed by atoms with Crippen LogP contribution in [0.5, 0.6) is 0 Å². The van der Waals surface area contributed by atoms with Gasteiger partial charge in [-0.25, -0.2) is 0 Å². The molecular formula is C18H20ClN3O3S. The Kier molecular flexibility index (Phi) is 7.17. The zero-order valence-electron chi connectivity index (χ0n) is 14.5. The Bertz CT molecular complexity index is 793. The maximum atomic E-state index is 12.4. The Morgan fingerprint density at radius 3 is 2.62 bits per heavy atom.